The average molecular weight is 437 g/mol. The molecule has 0 aliphatic carbocycles. The van der Waals surface area contributed by atoms with E-state index in [1.165, 1.54) is 0 Å². The number of carbonyl (C=O) groups excluding carboxylic acids is 3. The Morgan fingerprint density at radius 2 is 1.91 bits per heavy atom. The molecule has 5 heterocycles. The summed E-state index contributed by atoms with van der Waals surface area (Å²) in [6, 6.07) is 4.16. The number of imide groups is 2. The van der Waals surface area contributed by atoms with Gasteiger partial charge in [0.1, 0.15) is 5.75 Å². The number of rotatable bonds is 2. The van der Waals surface area contributed by atoms with E-state index in [0.717, 1.165) is 5.69 Å². The number of urea groups is 1. The molecule has 3 aliphatic rings. The monoisotopic (exact) mass is 437 g/mol. The number of amides is 4. The van der Waals surface area contributed by atoms with Crippen molar-refractivity contribution in [2.75, 3.05) is 18.6 Å². The summed E-state index contributed by atoms with van der Waals surface area (Å²) in [4.78, 5) is 49.2. The first-order valence-corrected chi connectivity index (χ1v) is 10.4. The second kappa shape index (κ2) is 7.27. The molecule has 2 fully saturated rings. The molecule has 3 aliphatic heterocycles. The molecule has 5 rings (SSSR count). The summed E-state index contributed by atoms with van der Waals surface area (Å²) >= 11 is 0. The number of anilines is 1. The van der Waals surface area contributed by atoms with Crippen molar-refractivity contribution in [3.8, 4) is 17.0 Å². The van der Waals surface area contributed by atoms with Crippen LogP contribution in [0.1, 0.15) is 19.5 Å². The van der Waals surface area contributed by atoms with Crippen LogP contribution in [0.25, 0.3) is 11.3 Å². The van der Waals surface area contributed by atoms with Crippen molar-refractivity contribution in [1.29, 1.82) is 0 Å². The number of nitrogens with zero attached hydrogens (tertiary/aromatic N) is 3. The Labute approximate surface area is 184 Å². The summed E-state index contributed by atoms with van der Waals surface area (Å²) in [5.74, 6) is -0.658. The van der Waals surface area contributed by atoms with Crippen LogP contribution in [-0.4, -0.2) is 59.7 Å². The minimum atomic E-state index is -1.55. The van der Waals surface area contributed by atoms with Crippen molar-refractivity contribution in [2.24, 2.45) is 5.41 Å². The molecule has 10 heteroatoms. The van der Waals surface area contributed by atoms with Crippen LogP contribution in [0.15, 0.2) is 30.6 Å². The molecule has 10 nitrogen and oxygen atoms in total. The molecule has 1 spiro atoms. The Hall–Kier alpha value is -3.53. The second-order valence-electron chi connectivity index (χ2n) is 8.37. The molecule has 0 radical (unpaired) electrons. The zero-order valence-corrected chi connectivity index (χ0v) is 17.9. The number of morpholine rings is 1. The molecular formula is C22H23N5O5. The van der Waals surface area contributed by atoms with Crippen molar-refractivity contribution in [2.45, 2.75) is 38.5 Å². The van der Waals surface area contributed by atoms with Gasteiger partial charge < -0.3 is 14.4 Å². The van der Waals surface area contributed by atoms with Crippen molar-refractivity contribution < 1.29 is 23.9 Å². The molecule has 2 aromatic heterocycles. The van der Waals surface area contributed by atoms with Gasteiger partial charge in [-0.25, -0.2) is 4.79 Å². The van der Waals surface area contributed by atoms with E-state index in [4.69, 9.17) is 14.5 Å². The van der Waals surface area contributed by atoms with Gasteiger partial charge in [-0.2, -0.15) is 0 Å². The molecule has 2 N–H and O–H groups in total. The van der Waals surface area contributed by atoms with E-state index in [2.05, 4.69) is 15.6 Å². The number of hydrogen-bond donors (Lipinski definition) is 2. The van der Waals surface area contributed by atoms with E-state index in [-0.39, 0.29) is 12.5 Å². The standard InChI is InChI=1S/C22H23N5O5/c1-11-10-27-16-5-4-14(13-9-23-7-6-17(13)31-3)24-15(16)8-22(18(27)12(2)32-11)19(28)25-21(30)26-20(22)29/h4-7,9,11-12,18H,8,10H2,1-3H3,(H2,25,26,28,29,30)/t11-,12+,18-/m1/s1. The fourth-order valence-electron chi connectivity index (χ4n) is 5.19. The highest BCUT2D eigenvalue weighted by molar-refractivity contribution is 6.20. The van der Waals surface area contributed by atoms with Crippen LogP contribution in [0.3, 0.4) is 0 Å². The SMILES string of the molecule is COc1ccncc1-c1ccc2c(n1)CC1(C(=O)NC(=O)NC1=O)[C@H]1[C@H](C)O[C@H](C)CN21. The lowest BCUT2D eigenvalue weighted by atomic mass is 9.67. The summed E-state index contributed by atoms with van der Waals surface area (Å²) in [7, 11) is 1.57. The molecule has 0 bridgehead atoms. The Kier molecular flexibility index (Phi) is 4.63. The Bertz CT molecular complexity index is 1120. The van der Waals surface area contributed by atoms with Gasteiger partial charge in [-0.3, -0.25) is 30.2 Å². The molecule has 0 saturated carbocycles. The predicted molar refractivity (Wildman–Crippen MR) is 113 cm³/mol. The van der Waals surface area contributed by atoms with Crippen LogP contribution < -0.4 is 20.3 Å². The van der Waals surface area contributed by atoms with E-state index in [0.29, 0.717) is 29.2 Å². The van der Waals surface area contributed by atoms with Crippen LogP contribution in [0.5, 0.6) is 5.75 Å². The lowest BCUT2D eigenvalue weighted by Gasteiger charge is -2.55. The maximum atomic E-state index is 13.2. The Morgan fingerprint density at radius 1 is 1.16 bits per heavy atom. The molecule has 3 atom stereocenters. The number of barbiturate groups is 1. The topological polar surface area (TPSA) is 123 Å². The van der Waals surface area contributed by atoms with Gasteiger partial charge in [-0.15, -0.1) is 0 Å². The zero-order valence-electron chi connectivity index (χ0n) is 17.9. The average Bonchev–Trinajstić information content (AvgIpc) is 2.76. The van der Waals surface area contributed by atoms with E-state index in [9.17, 15) is 14.4 Å². The second-order valence-corrected chi connectivity index (χ2v) is 8.37. The minimum Gasteiger partial charge on any atom is -0.496 e. The van der Waals surface area contributed by atoms with Crippen LogP contribution in [0.2, 0.25) is 0 Å². The molecule has 0 unspecified atom stereocenters. The molecule has 166 valence electrons. The number of nitrogens with one attached hydrogen (secondary N) is 2. The van der Waals surface area contributed by atoms with Crippen LogP contribution in [0.4, 0.5) is 10.5 Å². The first-order chi connectivity index (χ1) is 15.3. The summed E-state index contributed by atoms with van der Waals surface area (Å²) in [6.45, 7) is 4.27. The fraction of sp³-hybridized carbons (Fsp3) is 0.409. The molecule has 2 aromatic rings. The number of methoxy groups -OCH3 is 1. The van der Waals surface area contributed by atoms with E-state index in [1.807, 2.05) is 30.9 Å². The third kappa shape index (κ3) is 2.86. The Balaban J connectivity index is 1.68. The van der Waals surface area contributed by atoms with E-state index >= 15 is 0 Å². The predicted octanol–water partition coefficient (Wildman–Crippen LogP) is 1.04. The van der Waals surface area contributed by atoms with Crippen molar-refractivity contribution >= 4 is 23.5 Å². The number of pyridine rings is 2. The van der Waals surface area contributed by atoms with Gasteiger partial charge in [0.05, 0.1) is 48.0 Å². The third-order valence-corrected chi connectivity index (χ3v) is 6.43. The van der Waals surface area contributed by atoms with Gasteiger partial charge in [0.25, 0.3) is 0 Å². The maximum absolute atomic E-state index is 13.2. The highest BCUT2D eigenvalue weighted by atomic mass is 16.5. The normalized spacial score (nSPS) is 26.2. The largest absolute Gasteiger partial charge is 0.496 e. The molecule has 4 amide bonds. The van der Waals surface area contributed by atoms with E-state index in [1.54, 1.807) is 25.6 Å². The van der Waals surface area contributed by atoms with Crippen LogP contribution >= 0.6 is 0 Å². The number of fused-ring (bicyclic) bond motifs is 4. The summed E-state index contributed by atoms with van der Waals surface area (Å²) in [5, 5.41) is 4.56. The highest BCUT2D eigenvalue weighted by Crippen LogP contribution is 2.46. The molecular weight excluding hydrogens is 414 g/mol. The number of hydrogen-bond acceptors (Lipinski definition) is 8. The van der Waals surface area contributed by atoms with E-state index < -0.39 is 35.4 Å². The molecule has 2 saturated heterocycles. The molecule has 0 aromatic carbocycles. The highest BCUT2D eigenvalue weighted by Gasteiger charge is 2.63. The maximum Gasteiger partial charge on any atom is 0.328 e. The van der Waals surface area contributed by atoms with Gasteiger partial charge in [-0.05, 0) is 32.0 Å². The quantitative estimate of drug-likeness (QED) is 0.669. The summed E-state index contributed by atoms with van der Waals surface area (Å²) < 4.78 is 11.5. The van der Waals surface area contributed by atoms with Crippen LogP contribution in [-0.2, 0) is 20.7 Å². The van der Waals surface area contributed by atoms with Crippen molar-refractivity contribution in [1.82, 2.24) is 20.6 Å². The van der Waals surface area contributed by atoms with Gasteiger partial charge >= 0.3 is 6.03 Å². The smallest absolute Gasteiger partial charge is 0.328 e. The zero-order chi connectivity index (χ0) is 22.6. The summed E-state index contributed by atoms with van der Waals surface area (Å²) in [5.41, 5.74) is 1.19. The number of carbonyl (C=O) groups is 3. The fourth-order valence-corrected chi connectivity index (χ4v) is 5.19. The van der Waals surface area contributed by atoms with Crippen molar-refractivity contribution in [3.05, 3.63) is 36.3 Å². The van der Waals surface area contributed by atoms with Crippen LogP contribution in [0, 0.1) is 5.41 Å². The Morgan fingerprint density at radius 3 is 2.62 bits per heavy atom. The first-order valence-electron chi connectivity index (χ1n) is 10.4. The number of aromatic nitrogens is 2. The van der Waals surface area contributed by atoms with Gasteiger partial charge in [0.15, 0.2) is 5.41 Å². The first kappa shape index (κ1) is 20.4. The van der Waals surface area contributed by atoms with Crippen molar-refractivity contribution in [3.63, 3.8) is 0 Å². The molecule has 32 heavy (non-hydrogen) atoms. The summed E-state index contributed by atoms with van der Waals surface area (Å²) in [6.07, 6.45) is 2.79. The third-order valence-electron chi connectivity index (χ3n) is 6.43. The lowest BCUT2D eigenvalue weighted by molar-refractivity contribution is -0.153. The number of ether oxygens (including phenoxy) is 2. The van der Waals surface area contributed by atoms with Gasteiger partial charge in [-0.1, -0.05) is 0 Å². The lowest BCUT2D eigenvalue weighted by Crippen LogP contribution is -2.75. The van der Waals surface area contributed by atoms with Gasteiger partial charge in [0, 0.05) is 25.4 Å². The van der Waals surface area contributed by atoms with Gasteiger partial charge in [0.2, 0.25) is 11.8 Å². The minimum absolute atomic E-state index is 0.0347.